The predicted octanol–water partition coefficient (Wildman–Crippen LogP) is 2.90. The molecule has 0 amide bonds. The highest BCUT2D eigenvalue weighted by molar-refractivity contribution is 5.72. The maximum Gasteiger partial charge on any atom is 0.141 e. The van der Waals surface area contributed by atoms with E-state index in [0.29, 0.717) is 17.9 Å². The van der Waals surface area contributed by atoms with Gasteiger partial charge in [-0.3, -0.25) is 0 Å². The van der Waals surface area contributed by atoms with Gasteiger partial charge < -0.3 is 14.8 Å². The second kappa shape index (κ2) is 7.43. The molecule has 0 aromatic heterocycles. The monoisotopic (exact) mass is 326 g/mol. The summed E-state index contributed by atoms with van der Waals surface area (Å²) in [5.74, 6) is 0.146. The van der Waals surface area contributed by atoms with Crippen molar-refractivity contribution in [2.24, 2.45) is 0 Å². The van der Waals surface area contributed by atoms with Gasteiger partial charge in [-0.05, 0) is 41.8 Å². The highest BCUT2D eigenvalue weighted by Crippen LogP contribution is 2.32. The van der Waals surface area contributed by atoms with E-state index in [1.54, 1.807) is 13.2 Å². The Labute approximate surface area is 140 Å². The molecule has 1 aliphatic rings. The van der Waals surface area contributed by atoms with Gasteiger partial charge in [0.15, 0.2) is 0 Å². The molecule has 1 atom stereocenters. The van der Waals surface area contributed by atoms with E-state index in [1.165, 1.54) is 12.1 Å². The number of hydrogen-bond donors (Lipinski definition) is 1. The fourth-order valence-corrected chi connectivity index (χ4v) is 2.89. The van der Waals surface area contributed by atoms with E-state index in [4.69, 9.17) is 14.7 Å². The molecule has 1 fully saturated rings. The Bertz CT molecular complexity index is 764. The van der Waals surface area contributed by atoms with Crippen LogP contribution >= 0.6 is 0 Å². The quantitative estimate of drug-likeness (QED) is 0.939. The van der Waals surface area contributed by atoms with Crippen LogP contribution in [0.15, 0.2) is 36.4 Å². The molecule has 2 aromatic carbocycles. The van der Waals surface area contributed by atoms with Gasteiger partial charge in [0.1, 0.15) is 17.6 Å². The van der Waals surface area contributed by atoms with Crippen molar-refractivity contribution in [3.05, 3.63) is 53.3 Å². The van der Waals surface area contributed by atoms with Gasteiger partial charge in [-0.1, -0.05) is 12.1 Å². The van der Waals surface area contributed by atoms with Crippen LogP contribution in [0.1, 0.15) is 11.1 Å². The fraction of sp³-hybridized carbons (Fsp3) is 0.316. The molecule has 24 heavy (non-hydrogen) atoms. The average molecular weight is 326 g/mol. The van der Waals surface area contributed by atoms with Crippen LogP contribution in [0.3, 0.4) is 0 Å². The number of hydrogen-bond acceptors (Lipinski definition) is 4. The van der Waals surface area contributed by atoms with Crippen molar-refractivity contribution in [3.63, 3.8) is 0 Å². The first-order valence-electron chi connectivity index (χ1n) is 7.90. The number of morpholine rings is 1. The molecule has 124 valence electrons. The van der Waals surface area contributed by atoms with Crippen molar-refractivity contribution in [2.45, 2.75) is 12.5 Å². The number of nitriles is 1. The molecule has 5 heteroatoms. The molecule has 1 unspecified atom stereocenters. The van der Waals surface area contributed by atoms with E-state index in [-0.39, 0.29) is 11.7 Å². The van der Waals surface area contributed by atoms with Crippen LogP contribution in [0.25, 0.3) is 11.1 Å². The van der Waals surface area contributed by atoms with Gasteiger partial charge in [0.05, 0.1) is 25.4 Å². The molecular weight excluding hydrogens is 307 g/mol. The third-order valence-corrected chi connectivity index (χ3v) is 4.13. The molecule has 4 nitrogen and oxygen atoms in total. The van der Waals surface area contributed by atoms with Crippen LogP contribution < -0.4 is 10.1 Å². The number of ether oxygens (including phenoxy) is 2. The van der Waals surface area contributed by atoms with Gasteiger partial charge in [-0.2, -0.15) is 5.26 Å². The predicted molar refractivity (Wildman–Crippen MR) is 89.4 cm³/mol. The minimum absolute atomic E-state index is 0.0375. The summed E-state index contributed by atoms with van der Waals surface area (Å²) in [7, 11) is 1.59. The van der Waals surface area contributed by atoms with E-state index >= 15 is 0 Å². The molecule has 1 aliphatic heterocycles. The Balaban J connectivity index is 1.92. The topological polar surface area (TPSA) is 54.3 Å². The molecule has 3 rings (SSSR count). The van der Waals surface area contributed by atoms with E-state index in [1.807, 2.05) is 24.3 Å². The molecule has 1 saturated heterocycles. The Morgan fingerprint density at radius 3 is 2.88 bits per heavy atom. The fourth-order valence-electron chi connectivity index (χ4n) is 2.89. The van der Waals surface area contributed by atoms with Gasteiger partial charge in [-0.15, -0.1) is 0 Å². The summed E-state index contributed by atoms with van der Waals surface area (Å²) < 4.78 is 25.1. The molecule has 1 heterocycles. The van der Waals surface area contributed by atoms with Gasteiger partial charge in [0.2, 0.25) is 0 Å². The lowest BCUT2D eigenvalue weighted by Crippen LogP contribution is -2.39. The molecule has 1 N–H and O–H groups in total. The normalized spacial score (nSPS) is 17.3. The summed E-state index contributed by atoms with van der Waals surface area (Å²) >= 11 is 0. The number of nitrogens with one attached hydrogen (secondary N) is 1. The summed E-state index contributed by atoms with van der Waals surface area (Å²) in [5.41, 5.74) is 2.63. The zero-order valence-corrected chi connectivity index (χ0v) is 13.5. The van der Waals surface area contributed by atoms with Gasteiger partial charge in [0, 0.05) is 18.7 Å². The minimum atomic E-state index is -0.526. The van der Waals surface area contributed by atoms with Gasteiger partial charge >= 0.3 is 0 Å². The minimum Gasteiger partial charge on any atom is -0.496 e. The van der Waals surface area contributed by atoms with Crippen LogP contribution in [0.2, 0.25) is 0 Å². The van der Waals surface area contributed by atoms with Crippen molar-refractivity contribution in [1.29, 1.82) is 5.26 Å². The standard InChI is InChI=1S/C19H19FN2O2/c1-23-19-5-2-13(8-16-12-22-6-7-24-16)9-17(19)14-3-4-15(11-21)18(20)10-14/h2-5,9-10,16,22H,6-8,12H2,1H3. The smallest absolute Gasteiger partial charge is 0.141 e. The lowest BCUT2D eigenvalue weighted by atomic mass is 9.98. The molecule has 0 bridgehead atoms. The lowest BCUT2D eigenvalue weighted by molar-refractivity contribution is 0.0292. The summed E-state index contributed by atoms with van der Waals surface area (Å²) in [5, 5.41) is 12.2. The van der Waals surface area contributed by atoms with E-state index in [0.717, 1.165) is 30.6 Å². The third kappa shape index (κ3) is 3.56. The summed E-state index contributed by atoms with van der Waals surface area (Å²) in [6, 6.07) is 12.3. The van der Waals surface area contributed by atoms with Crippen molar-refractivity contribution in [3.8, 4) is 22.9 Å². The number of rotatable bonds is 4. The van der Waals surface area contributed by atoms with Crippen LogP contribution in [0, 0.1) is 17.1 Å². The largest absolute Gasteiger partial charge is 0.496 e. The Morgan fingerprint density at radius 2 is 2.21 bits per heavy atom. The summed E-state index contributed by atoms with van der Waals surface area (Å²) in [4.78, 5) is 0. The zero-order chi connectivity index (χ0) is 16.9. The maximum atomic E-state index is 14.0. The summed E-state index contributed by atoms with van der Waals surface area (Å²) in [6.45, 7) is 2.43. The van der Waals surface area contributed by atoms with Crippen LogP contribution in [0.4, 0.5) is 4.39 Å². The second-order valence-corrected chi connectivity index (χ2v) is 5.74. The number of nitrogens with zero attached hydrogens (tertiary/aromatic N) is 1. The van der Waals surface area contributed by atoms with E-state index < -0.39 is 5.82 Å². The Hall–Kier alpha value is -2.42. The summed E-state index contributed by atoms with van der Waals surface area (Å²) in [6.07, 6.45) is 0.917. The molecule has 0 radical (unpaired) electrons. The van der Waals surface area contributed by atoms with Crippen LogP contribution in [-0.2, 0) is 11.2 Å². The first-order chi connectivity index (χ1) is 11.7. The third-order valence-electron chi connectivity index (χ3n) is 4.13. The van der Waals surface area contributed by atoms with Crippen molar-refractivity contribution >= 4 is 0 Å². The van der Waals surface area contributed by atoms with Crippen LogP contribution in [-0.4, -0.2) is 32.9 Å². The first-order valence-corrected chi connectivity index (χ1v) is 7.90. The maximum absolute atomic E-state index is 14.0. The van der Waals surface area contributed by atoms with Crippen molar-refractivity contribution < 1.29 is 13.9 Å². The number of benzene rings is 2. The van der Waals surface area contributed by atoms with Crippen molar-refractivity contribution in [1.82, 2.24) is 5.32 Å². The average Bonchev–Trinajstić information content (AvgIpc) is 2.62. The molecule has 2 aromatic rings. The zero-order valence-electron chi connectivity index (χ0n) is 13.5. The molecule has 0 saturated carbocycles. The number of halogens is 1. The Morgan fingerprint density at radius 1 is 1.33 bits per heavy atom. The Kier molecular flexibility index (Phi) is 5.09. The second-order valence-electron chi connectivity index (χ2n) is 5.74. The van der Waals surface area contributed by atoms with Gasteiger partial charge in [0.25, 0.3) is 0 Å². The van der Waals surface area contributed by atoms with E-state index in [9.17, 15) is 4.39 Å². The first kappa shape index (κ1) is 16.4. The van der Waals surface area contributed by atoms with Crippen LogP contribution in [0.5, 0.6) is 5.75 Å². The van der Waals surface area contributed by atoms with Crippen molar-refractivity contribution in [2.75, 3.05) is 26.8 Å². The lowest BCUT2D eigenvalue weighted by Gasteiger charge is -2.24. The molecular formula is C19H19FN2O2. The highest BCUT2D eigenvalue weighted by Gasteiger charge is 2.16. The van der Waals surface area contributed by atoms with E-state index in [2.05, 4.69) is 5.32 Å². The molecule has 0 aliphatic carbocycles. The molecule has 0 spiro atoms. The number of methoxy groups -OCH3 is 1. The SMILES string of the molecule is COc1ccc(CC2CNCCO2)cc1-c1ccc(C#N)c(F)c1. The van der Waals surface area contributed by atoms with Gasteiger partial charge in [-0.25, -0.2) is 4.39 Å². The highest BCUT2D eigenvalue weighted by atomic mass is 19.1.